The van der Waals surface area contributed by atoms with Crippen LogP contribution in [0.15, 0.2) is 29.2 Å². The molecule has 0 aliphatic carbocycles. The molecule has 120 valence electrons. The summed E-state index contributed by atoms with van der Waals surface area (Å²) in [4.78, 5) is 23.5. The Morgan fingerprint density at radius 3 is 2.36 bits per heavy atom. The first kappa shape index (κ1) is 16.4. The predicted octanol–water partition coefficient (Wildman–Crippen LogP) is -0.432. The number of hydrogen-bond donors (Lipinski definition) is 3. The number of sulfonamides is 1. The Balaban J connectivity index is 2.18. The minimum atomic E-state index is -3.58. The minimum Gasteiger partial charge on any atom is -0.479 e. The van der Waals surface area contributed by atoms with E-state index < -0.39 is 27.4 Å². The first-order valence-corrected chi connectivity index (χ1v) is 7.96. The summed E-state index contributed by atoms with van der Waals surface area (Å²) in [5, 5.41) is 11.7. The Bertz CT molecular complexity index is 677. The number of carboxylic acids is 1. The van der Waals surface area contributed by atoms with E-state index in [0.29, 0.717) is 0 Å². The van der Waals surface area contributed by atoms with Crippen molar-refractivity contribution in [2.75, 3.05) is 20.3 Å². The van der Waals surface area contributed by atoms with Gasteiger partial charge in [-0.2, -0.15) is 0 Å². The first-order chi connectivity index (χ1) is 10.3. The summed E-state index contributed by atoms with van der Waals surface area (Å²) in [7, 11) is -2.30. The van der Waals surface area contributed by atoms with E-state index in [0.717, 1.165) is 0 Å². The van der Waals surface area contributed by atoms with Crippen molar-refractivity contribution in [3.8, 4) is 0 Å². The summed E-state index contributed by atoms with van der Waals surface area (Å²) in [6.45, 7) is 0.159. The summed E-state index contributed by atoms with van der Waals surface area (Å²) in [6.07, 6.45) is 0.181. The summed E-state index contributed by atoms with van der Waals surface area (Å²) < 4.78 is 30.4. The fraction of sp³-hybridized carbons (Fsp3) is 0.385. The number of rotatable bonds is 5. The van der Waals surface area contributed by atoms with Crippen molar-refractivity contribution in [2.24, 2.45) is 0 Å². The Morgan fingerprint density at radius 1 is 1.27 bits per heavy atom. The third-order valence-electron chi connectivity index (χ3n) is 3.48. The molecule has 1 amide bonds. The number of carbonyl (C=O) groups excluding carboxylic acids is 1. The van der Waals surface area contributed by atoms with Crippen molar-refractivity contribution in [3.05, 3.63) is 29.8 Å². The quantitative estimate of drug-likeness (QED) is 0.674. The fourth-order valence-electron chi connectivity index (χ4n) is 2.08. The normalized spacial score (nSPS) is 21.5. The van der Waals surface area contributed by atoms with E-state index >= 15 is 0 Å². The zero-order valence-electron chi connectivity index (χ0n) is 11.8. The molecule has 1 atom stereocenters. The van der Waals surface area contributed by atoms with Crippen LogP contribution in [0.25, 0.3) is 0 Å². The highest BCUT2D eigenvalue weighted by atomic mass is 32.2. The number of carbonyl (C=O) groups is 2. The van der Waals surface area contributed by atoms with E-state index in [4.69, 9.17) is 4.74 Å². The molecular formula is C13H16N2O6S. The predicted molar refractivity (Wildman–Crippen MR) is 76.0 cm³/mol. The number of ether oxygens (including phenoxy) is 1. The van der Waals surface area contributed by atoms with Gasteiger partial charge < -0.3 is 15.2 Å². The summed E-state index contributed by atoms with van der Waals surface area (Å²) in [5.74, 6) is -1.76. The van der Waals surface area contributed by atoms with Gasteiger partial charge in [0.2, 0.25) is 10.0 Å². The van der Waals surface area contributed by atoms with E-state index in [9.17, 15) is 23.1 Å². The zero-order valence-corrected chi connectivity index (χ0v) is 12.6. The van der Waals surface area contributed by atoms with Crippen molar-refractivity contribution in [3.63, 3.8) is 0 Å². The molecule has 1 aliphatic heterocycles. The standard InChI is InChI=1S/C13H16N2O6S/c1-14-22(19,20)10-4-2-9(3-5-10)11(16)15-13(12(17)18)6-7-21-8-13/h2-5,14H,6-8H2,1H3,(H,15,16)(H,17,18). The van der Waals surface area contributed by atoms with E-state index in [1.165, 1.54) is 31.3 Å². The van der Waals surface area contributed by atoms with E-state index in [2.05, 4.69) is 10.0 Å². The number of carboxylic acid groups (broad SMARTS) is 1. The van der Waals surface area contributed by atoms with Crippen LogP contribution in [0, 0.1) is 0 Å². The molecule has 1 saturated heterocycles. The molecule has 1 aromatic rings. The molecule has 0 radical (unpaired) electrons. The Morgan fingerprint density at radius 2 is 1.91 bits per heavy atom. The highest BCUT2D eigenvalue weighted by Crippen LogP contribution is 2.20. The zero-order chi connectivity index (χ0) is 16.4. The second kappa shape index (κ2) is 6.03. The van der Waals surface area contributed by atoms with Crippen molar-refractivity contribution in [1.82, 2.24) is 10.0 Å². The largest absolute Gasteiger partial charge is 0.479 e. The van der Waals surface area contributed by atoms with Crippen LogP contribution in [-0.2, 0) is 19.6 Å². The van der Waals surface area contributed by atoms with Gasteiger partial charge in [-0.15, -0.1) is 0 Å². The molecule has 9 heteroatoms. The van der Waals surface area contributed by atoms with E-state index in [-0.39, 0.29) is 30.1 Å². The second-order valence-electron chi connectivity index (χ2n) is 4.88. The van der Waals surface area contributed by atoms with Gasteiger partial charge in [0.05, 0.1) is 11.5 Å². The molecule has 1 fully saturated rings. The van der Waals surface area contributed by atoms with Gasteiger partial charge >= 0.3 is 5.97 Å². The number of aliphatic carboxylic acids is 1. The number of nitrogens with one attached hydrogen (secondary N) is 2. The third kappa shape index (κ3) is 3.11. The molecule has 3 N–H and O–H groups in total. The van der Waals surface area contributed by atoms with Crippen molar-refractivity contribution in [1.29, 1.82) is 0 Å². The molecule has 0 bridgehead atoms. The molecule has 2 rings (SSSR count). The van der Waals surface area contributed by atoms with Crippen molar-refractivity contribution >= 4 is 21.9 Å². The molecule has 0 spiro atoms. The maximum absolute atomic E-state index is 12.1. The number of benzene rings is 1. The van der Waals surface area contributed by atoms with Crippen molar-refractivity contribution in [2.45, 2.75) is 16.9 Å². The SMILES string of the molecule is CNS(=O)(=O)c1ccc(C(=O)NC2(C(=O)O)CCOC2)cc1. The van der Waals surface area contributed by atoms with Gasteiger partial charge in [-0.3, -0.25) is 4.79 Å². The topological polar surface area (TPSA) is 122 Å². The van der Waals surface area contributed by atoms with Gasteiger partial charge in [0, 0.05) is 18.6 Å². The lowest BCUT2D eigenvalue weighted by atomic mass is 9.98. The fourth-order valence-corrected chi connectivity index (χ4v) is 2.81. The average Bonchev–Trinajstić information content (AvgIpc) is 2.97. The molecule has 1 aromatic carbocycles. The Hall–Kier alpha value is -1.97. The maximum Gasteiger partial charge on any atom is 0.331 e. The maximum atomic E-state index is 12.1. The van der Waals surface area contributed by atoms with Gasteiger partial charge in [-0.05, 0) is 31.3 Å². The van der Waals surface area contributed by atoms with Gasteiger partial charge in [0.1, 0.15) is 0 Å². The molecule has 1 heterocycles. The highest BCUT2D eigenvalue weighted by molar-refractivity contribution is 7.89. The minimum absolute atomic E-state index is 0.0173. The number of amides is 1. The van der Waals surface area contributed by atoms with Crippen LogP contribution in [-0.4, -0.2) is 51.2 Å². The lowest BCUT2D eigenvalue weighted by Crippen LogP contribution is -2.55. The van der Waals surface area contributed by atoms with Gasteiger partial charge in [-0.1, -0.05) is 0 Å². The van der Waals surface area contributed by atoms with E-state index in [1.54, 1.807) is 0 Å². The lowest BCUT2D eigenvalue weighted by Gasteiger charge is -2.23. The van der Waals surface area contributed by atoms with Gasteiger partial charge in [0.25, 0.3) is 5.91 Å². The highest BCUT2D eigenvalue weighted by Gasteiger charge is 2.44. The molecular weight excluding hydrogens is 312 g/mol. The second-order valence-corrected chi connectivity index (χ2v) is 6.76. The molecule has 22 heavy (non-hydrogen) atoms. The smallest absolute Gasteiger partial charge is 0.331 e. The average molecular weight is 328 g/mol. The molecule has 1 aliphatic rings. The monoisotopic (exact) mass is 328 g/mol. The van der Waals surface area contributed by atoms with Crippen LogP contribution in [0.4, 0.5) is 0 Å². The van der Waals surface area contributed by atoms with Crippen LogP contribution >= 0.6 is 0 Å². The molecule has 0 aromatic heterocycles. The van der Waals surface area contributed by atoms with Crippen LogP contribution in [0.1, 0.15) is 16.8 Å². The van der Waals surface area contributed by atoms with Crippen LogP contribution in [0.5, 0.6) is 0 Å². The van der Waals surface area contributed by atoms with Crippen LogP contribution in [0.2, 0.25) is 0 Å². The lowest BCUT2D eigenvalue weighted by molar-refractivity contribution is -0.144. The van der Waals surface area contributed by atoms with Gasteiger partial charge in [-0.25, -0.2) is 17.9 Å². The number of hydrogen-bond acceptors (Lipinski definition) is 5. The summed E-state index contributed by atoms with van der Waals surface area (Å²) in [6, 6.07) is 5.20. The Kier molecular flexibility index (Phi) is 4.50. The third-order valence-corrected chi connectivity index (χ3v) is 4.91. The first-order valence-electron chi connectivity index (χ1n) is 6.48. The van der Waals surface area contributed by atoms with E-state index in [1.807, 2.05) is 0 Å². The molecule has 1 unspecified atom stereocenters. The summed E-state index contributed by atoms with van der Waals surface area (Å²) in [5.41, 5.74) is -1.27. The summed E-state index contributed by atoms with van der Waals surface area (Å²) >= 11 is 0. The van der Waals surface area contributed by atoms with Crippen LogP contribution in [0.3, 0.4) is 0 Å². The molecule has 0 saturated carbocycles. The van der Waals surface area contributed by atoms with Crippen LogP contribution < -0.4 is 10.0 Å². The molecule has 8 nitrogen and oxygen atoms in total. The Labute approximate surface area is 127 Å². The van der Waals surface area contributed by atoms with Crippen molar-refractivity contribution < 1.29 is 27.9 Å². The van der Waals surface area contributed by atoms with Gasteiger partial charge in [0.15, 0.2) is 5.54 Å².